The SMILES string of the molecule is Cc1ccc(CNC2CCc3c(F)cccc32)cn1. The van der Waals surface area contributed by atoms with Crippen molar-refractivity contribution in [2.24, 2.45) is 0 Å². The number of nitrogens with zero attached hydrogens (tertiary/aromatic N) is 1. The summed E-state index contributed by atoms with van der Waals surface area (Å²) < 4.78 is 13.6. The van der Waals surface area contributed by atoms with Crippen molar-refractivity contribution in [2.75, 3.05) is 0 Å². The van der Waals surface area contributed by atoms with Gasteiger partial charge in [-0.3, -0.25) is 4.98 Å². The van der Waals surface area contributed by atoms with Gasteiger partial charge in [0.05, 0.1) is 0 Å². The summed E-state index contributed by atoms with van der Waals surface area (Å²) in [5, 5.41) is 3.49. The Labute approximate surface area is 112 Å². The fourth-order valence-corrected chi connectivity index (χ4v) is 2.67. The summed E-state index contributed by atoms with van der Waals surface area (Å²) in [6.45, 7) is 2.75. The molecule has 1 atom stereocenters. The highest BCUT2D eigenvalue weighted by Gasteiger charge is 2.24. The van der Waals surface area contributed by atoms with E-state index in [9.17, 15) is 4.39 Å². The number of fused-ring (bicyclic) bond motifs is 1. The standard InChI is InChI=1S/C16H17FN2/c1-11-5-6-12(9-18-11)10-19-16-8-7-13-14(16)3-2-4-15(13)17/h2-6,9,16,19H,7-8,10H2,1H3. The van der Waals surface area contributed by atoms with Crippen molar-refractivity contribution in [3.05, 3.63) is 64.7 Å². The van der Waals surface area contributed by atoms with Crippen LogP contribution in [-0.2, 0) is 13.0 Å². The molecule has 0 spiro atoms. The predicted molar refractivity (Wildman–Crippen MR) is 73.3 cm³/mol. The lowest BCUT2D eigenvalue weighted by atomic mass is 10.1. The van der Waals surface area contributed by atoms with Crippen molar-refractivity contribution in [3.8, 4) is 0 Å². The monoisotopic (exact) mass is 256 g/mol. The molecule has 0 aliphatic heterocycles. The second kappa shape index (κ2) is 5.10. The van der Waals surface area contributed by atoms with Crippen molar-refractivity contribution >= 4 is 0 Å². The highest BCUT2D eigenvalue weighted by Crippen LogP contribution is 2.32. The van der Waals surface area contributed by atoms with E-state index < -0.39 is 0 Å². The van der Waals surface area contributed by atoms with Crippen LogP contribution in [0, 0.1) is 12.7 Å². The quantitative estimate of drug-likeness (QED) is 0.911. The summed E-state index contributed by atoms with van der Waals surface area (Å²) in [6.07, 6.45) is 3.69. The molecule has 1 aliphatic rings. The van der Waals surface area contributed by atoms with Crippen LogP contribution in [0.1, 0.15) is 34.8 Å². The highest BCUT2D eigenvalue weighted by molar-refractivity contribution is 5.35. The van der Waals surface area contributed by atoms with E-state index in [-0.39, 0.29) is 11.9 Å². The van der Waals surface area contributed by atoms with Crippen LogP contribution in [0.4, 0.5) is 4.39 Å². The fraction of sp³-hybridized carbons (Fsp3) is 0.312. The van der Waals surface area contributed by atoms with Gasteiger partial charge in [0.25, 0.3) is 0 Å². The van der Waals surface area contributed by atoms with E-state index in [1.54, 1.807) is 12.1 Å². The number of benzene rings is 1. The summed E-state index contributed by atoms with van der Waals surface area (Å²) in [5.41, 5.74) is 4.18. The van der Waals surface area contributed by atoms with Gasteiger partial charge in [0.2, 0.25) is 0 Å². The zero-order valence-electron chi connectivity index (χ0n) is 11.0. The zero-order valence-corrected chi connectivity index (χ0v) is 11.0. The van der Waals surface area contributed by atoms with E-state index in [0.717, 1.165) is 41.8 Å². The Morgan fingerprint density at radius 3 is 3.00 bits per heavy atom. The lowest BCUT2D eigenvalue weighted by molar-refractivity contribution is 0.529. The first kappa shape index (κ1) is 12.3. The third kappa shape index (κ3) is 2.51. The summed E-state index contributed by atoms with van der Waals surface area (Å²) >= 11 is 0. The Balaban J connectivity index is 1.70. The van der Waals surface area contributed by atoms with E-state index in [4.69, 9.17) is 0 Å². The molecule has 0 radical (unpaired) electrons. The minimum absolute atomic E-state index is 0.0706. The van der Waals surface area contributed by atoms with E-state index in [2.05, 4.69) is 16.4 Å². The summed E-state index contributed by atoms with van der Waals surface area (Å²) in [5.74, 6) is -0.0706. The maximum atomic E-state index is 13.6. The van der Waals surface area contributed by atoms with Crippen molar-refractivity contribution in [1.82, 2.24) is 10.3 Å². The third-order valence-electron chi connectivity index (χ3n) is 3.74. The topological polar surface area (TPSA) is 24.9 Å². The Kier molecular flexibility index (Phi) is 3.30. The van der Waals surface area contributed by atoms with Crippen LogP contribution >= 0.6 is 0 Å². The van der Waals surface area contributed by atoms with Gasteiger partial charge in [-0.25, -0.2) is 4.39 Å². The minimum atomic E-state index is -0.0706. The smallest absolute Gasteiger partial charge is 0.126 e. The molecule has 2 nitrogen and oxygen atoms in total. The molecule has 1 unspecified atom stereocenters. The molecule has 2 aromatic rings. The zero-order chi connectivity index (χ0) is 13.2. The molecule has 1 aromatic heterocycles. The number of aryl methyl sites for hydroxylation is 1. The van der Waals surface area contributed by atoms with Gasteiger partial charge in [0.1, 0.15) is 5.82 Å². The number of pyridine rings is 1. The molecular weight excluding hydrogens is 239 g/mol. The molecule has 19 heavy (non-hydrogen) atoms. The van der Waals surface area contributed by atoms with Crippen LogP contribution in [0.5, 0.6) is 0 Å². The first-order valence-electron chi connectivity index (χ1n) is 6.66. The summed E-state index contributed by atoms with van der Waals surface area (Å²) in [4.78, 5) is 4.28. The normalized spacial score (nSPS) is 17.5. The van der Waals surface area contributed by atoms with Crippen molar-refractivity contribution in [2.45, 2.75) is 32.4 Å². The second-order valence-corrected chi connectivity index (χ2v) is 5.09. The van der Waals surface area contributed by atoms with Crippen LogP contribution in [0.2, 0.25) is 0 Å². The second-order valence-electron chi connectivity index (χ2n) is 5.09. The summed E-state index contributed by atoms with van der Waals surface area (Å²) in [7, 11) is 0. The first-order valence-corrected chi connectivity index (χ1v) is 6.66. The van der Waals surface area contributed by atoms with Gasteiger partial charge in [0.15, 0.2) is 0 Å². The van der Waals surface area contributed by atoms with Crippen molar-refractivity contribution < 1.29 is 4.39 Å². The third-order valence-corrected chi connectivity index (χ3v) is 3.74. The van der Waals surface area contributed by atoms with Crippen LogP contribution in [0.3, 0.4) is 0 Å². The van der Waals surface area contributed by atoms with Crippen LogP contribution in [0.25, 0.3) is 0 Å². The van der Waals surface area contributed by atoms with Crippen LogP contribution < -0.4 is 5.32 Å². The average molecular weight is 256 g/mol. The van der Waals surface area contributed by atoms with E-state index >= 15 is 0 Å². The number of nitrogens with one attached hydrogen (secondary N) is 1. The predicted octanol–water partition coefficient (Wildman–Crippen LogP) is 3.31. The molecule has 3 rings (SSSR count). The van der Waals surface area contributed by atoms with Gasteiger partial charge in [0, 0.05) is 24.5 Å². The molecular formula is C16H17FN2. The Morgan fingerprint density at radius 2 is 2.21 bits per heavy atom. The van der Waals surface area contributed by atoms with Gasteiger partial charge < -0.3 is 5.32 Å². The van der Waals surface area contributed by atoms with Crippen molar-refractivity contribution in [1.29, 1.82) is 0 Å². The molecule has 0 bridgehead atoms. The molecule has 98 valence electrons. The highest BCUT2D eigenvalue weighted by atomic mass is 19.1. The minimum Gasteiger partial charge on any atom is -0.306 e. The lowest BCUT2D eigenvalue weighted by Crippen LogP contribution is -2.18. The van der Waals surface area contributed by atoms with Gasteiger partial charge in [-0.05, 0) is 48.6 Å². The van der Waals surface area contributed by atoms with Crippen LogP contribution in [0.15, 0.2) is 36.5 Å². The molecule has 0 fully saturated rings. The van der Waals surface area contributed by atoms with Gasteiger partial charge >= 0.3 is 0 Å². The molecule has 0 saturated carbocycles. The molecule has 1 aromatic carbocycles. The van der Waals surface area contributed by atoms with Gasteiger partial charge in [-0.1, -0.05) is 18.2 Å². The molecule has 1 N–H and O–H groups in total. The summed E-state index contributed by atoms with van der Waals surface area (Å²) in [6, 6.07) is 9.71. The van der Waals surface area contributed by atoms with Gasteiger partial charge in [-0.2, -0.15) is 0 Å². The Bertz CT molecular complexity index is 578. The van der Waals surface area contributed by atoms with E-state index in [1.807, 2.05) is 25.3 Å². The molecule has 1 heterocycles. The Morgan fingerprint density at radius 1 is 1.32 bits per heavy atom. The lowest BCUT2D eigenvalue weighted by Gasteiger charge is -2.14. The molecule has 1 aliphatic carbocycles. The number of hydrogen-bond donors (Lipinski definition) is 1. The number of hydrogen-bond acceptors (Lipinski definition) is 2. The van der Waals surface area contributed by atoms with Crippen molar-refractivity contribution in [3.63, 3.8) is 0 Å². The fourth-order valence-electron chi connectivity index (χ4n) is 2.67. The van der Waals surface area contributed by atoms with Gasteiger partial charge in [-0.15, -0.1) is 0 Å². The van der Waals surface area contributed by atoms with Crippen LogP contribution in [-0.4, -0.2) is 4.98 Å². The number of aromatic nitrogens is 1. The average Bonchev–Trinajstić information content (AvgIpc) is 2.83. The first-order chi connectivity index (χ1) is 9.24. The maximum Gasteiger partial charge on any atom is 0.126 e. The molecule has 3 heteroatoms. The van der Waals surface area contributed by atoms with E-state index in [1.165, 1.54) is 0 Å². The molecule has 0 amide bonds. The maximum absolute atomic E-state index is 13.6. The number of rotatable bonds is 3. The van der Waals surface area contributed by atoms with E-state index in [0.29, 0.717) is 0 Å². The Hall–Kier alpha value is -1.74. The number of halogens is 1. The molecule has 0 saturated heterocycles. The largest absolute Gasteiger partial charge is 0.306 e.